The summed E-state index contributed by atoms with van der Waals surface area (Å²) in [5.41, 5.74) is 0.164. The maximum absolute atomic E-state index is 13.8. The summed E-state index contributed by atoms with van der Waals surface area (Å²) in [5, 5.41) is 12.3. The number of aliphatic hydroxyl groups excluding tert-OH is 1. The van der Waals surface area contributed by atoms with Gasteiger partial charge in [-0.05, 0) is 56.3 Å². The molecular weight excluding hydrogens is 357 g/mol. The summed E-state index contributed by atoms with van der Waals surface area (Å²) in [4.78, 5) is 16.8. The maximum atomic E-state index is 13.8. The van der Waals surface area contributed by atoms with Crippen LogP contribution in [0.5, 0.6) is 0 Å². The monoisotopic (exact) mass is 383 g/mol. The molecule has 7 heteroatoms. The Hall–Kier alpha value is -1.21. The van der Waals surface area contributed by atoms with Crippen LogP contribution in [-0.2, 0) is 4.79 Å². The fraction of sp³-hybridized carbons (Fsp3) is 0.632. The van der Waals surface area contributed by atoms with Gasteiger partial charge in [0.15, 0.2) is 0 Å². The van der Waals surface area contributed by atoms with Crippen molar-refractivity contribution in [2.45, 2.75) is 31.7 Å². The summed E-state index contributed by atoms with van der Waals surface area (Å²) in [6, 6.07) is 4.78. The van der Waals surface area contributed by atoms with E-state index in [4.69, 9.17) is 11.6 Å². The third kappa shape index (κ3) is 5.16. The number of amides is 1. The van der Waals surface area contributed by atoms with Gasteiger partial charge in [0.25, 0.3) is 0 Å². The third-order valence-corrected chi connectivity index (χ3v) is 5.69. The second-order valence-electron chi connectivity index (χ2n) is 7.37. The minimum Gasteiger partial charge on any atom is -0.396 e. The number of anilines is 1. The Morgan fingerprint density at radius 1 is 1.27 bits per heavy atom. The summed E-state index contributed by atoms with van der Waals surface area (Å²) in [6.07, 6.45) is 4.33. The molecule has 0 unspecified atom stereocenters. The number of carbonyl (C=O) groups is 1. The van der Waals surface area contributed by atoms with E-state index in [0.717, 1.165) is 51.9 Å². The van der Waals surface area contributed by atoms with E-state index in [1.807, 2.05) is 0 Å². The van der Waals surface area contributed by atoms with Gasteiger partial charge in [-0.1, -0.05) is 11.6 Å². The first-order valence-electron chi connectivity index (χ1n) is 9.37. The molecule has 26 heavy (non-hydrogen) atoms. The lowest BCUT2D eigenvalue weighted by Crippen LogP contribution is -2.49. The Kier molecular flexibility index (Phi) is 6.86. The molecule has 144 valence electrons. The molecule has 2 aliphatic heterocycles. The van der Waals surface area contributed by atoms with Crippen LogP contribution in [0.2, 0.25) is 5.02 Å². The fourth-order valence-electron chi connectivity index (χ4n) is 4.00. The van der Waals surface area contributed by atoms with Crippen molar-refractivity contribution in [1.82, 2.24) is 9.80 Å². The Bertz CT molecular complexity index is 623. The molecule has 2 fully saturated rings. The standard InChI is InChI=1S/C19H27ClFN3O2/c20-15-3-4-18(17(21)10-15)22-19(26)12-23-8-5-16(6-9-23)24-7-1-2-14(11-24)13-25/h3-4,10,14,16,25H,1-2,5-9,11-13H2,(H,22,26)/t14-/m1/s1. The second-order valence-corrected chi connectivity index (χ2v) is 7.80. The van der Waals surface area contributed by atoms with E-state index in [9.17, 15) is 14.3 Å². The van der Waals surface area contributed by atoms with Crippen molar-refractivity contribution in [1.29, 1.82) is 0 Å². The number of benzene rings is 1. The number of aliphatic hydroxyl groups is 1. The van der Waals surface area contributed by atoms with Crippen LogP contribution < -0.4 is 5.32 Å². The molecule has 1 amide bonds. The van der Waals surface area contributed by atoms with Gasteiger partial charge in [0.2, 0.25) is 5.91 Å². The molecule has 1 atom stereocenters. The van der Waals surface area contributed by atoms with Crippen molar-refractivity contribution >= 4 is 23.2 Å². The number of halogens is 2. The topological polar surface area (TPSA) is 55.8 Å². The zero-order valence-electron chi connectivity index (χ0n) is 15.0. The van der Waals surface area contributed by atoms with Crippen molar-refractivity contribution in [2.24, 2.45) is 5.92 Å². The van der Waals surface area contributed by atoms with Crippen molar-refractivity contribution in [3.8, 4) is 0 Å². The number of hydrogen-bond acceptors (Lipinski definition) is 4. The smallest absolute Gasteiger partial charge is 0.238 e. The molecule has 0 aromatic heterocycles. The summed E-state index contributed by atoms with van der Waals surface area (Å²) in [5.74, 6) is -0.321. The quantitative estimate of drug-likeness (QED) is 0.820. The van der Waals surface area contributed by atoms with E-state index in [0.29, 0.717) is 17.0 Å². The van der Waals surface area contributed by atoms with Crippen molar-refractivity contribution in [3.63, 3.8) is 0 Å². The molecule has 0 bridgehead atoms. The largest absolute Gasteiger partial charge is 0.396 e. The first-order valence-corrected chi connectivity index (χ1v) is 9.75. The molecule has 5 nitrogen and oxygen atoms in total. The van der Waals surface area contributed by atoms with E-state index in [2.05, 4.69) is 15.1 Å². The highest BCUT2D eigenvalue weighted by molar-refractivity contribution is 6.30. The number of rotatable bonds is 5. The lowest BCUT2D eigenvalue weighted by atomic mass is 9.94. The molecule has 3 rings (SSSR count). The van der Waals surface area contributed by atoms with Gasteiger partial charge in [0, 0.05) is 37.3 Å². The maximum Gasteiger partial charge on any atom is 0.238 e. The highest BCUT2D eigenvalue weighted by atomic mass is 35.5. The average molecular weight is 384 g/mol. The molecule has 2 aliphatic rings. The van der Waals surface area contributed by atoms with E-state index < -0.39 is 5.82 Å². The molecule has 2 N–H and O–H groups in total. The van der Waals surface area contributed by atoms with Gasteiger partial charge < -0.3 is 10.4 Å². The van der Waals surface area contributed by atoms with E-state index in [1.54, 1.807) is 6.07 Å². The highest BCUT2D eigenvalue weighted by Gasteiger charge is 2.29. The van der Waals surface area contributed by atoms with Crippen LogP contribution in [0.1, 0.15) is 25.7 Å². The van der Waals surface area contributed by atoms with Crippen LogP contribution in [0.3, 0.4) is 0 Å². The van der Waals surface area contributed by atoms with Crippen LogP contribution in [0, 0.1) is 11.7 Å². The Balaban J connectivity index is 1.44. The van der Waals surface area contributed by atoms with Gasteiger partial charge in [0.05, 0.1) is 12.2 Å². The minimum atomic E-state index is -0.520. The fourth-order valence-corrected chi connectivity index (χ4v) is 4.16. The van der Waals surface area contributed by atoms with E-state index in [-0.39, 0.29) is 24.7 Å². The summed E-state index contributed by atoms with van der Waals surface area (Å²) in [6.45, 7) is 4.36. The lowest BCUT2D eigenvalue weighted by molar-refractivity contribution is -0.117. The predicted octanol–water partition coefficient (Wildman–Crippen LogP) is 2.59. The third-order valence-electron chi connectivity index (χ3n) is 5.45. The minimum absolute atomic E-state index is 0.164. The molecule has 0 aliphatic carbocycles. The summed E-state index contributed by atoms with van der Waals surface area (Å²) >= 11 is 5.73. The summed E-state index contributed by atoms with van der Waals surface area (Å²) < 4.78 is 13.8. The molecule has 1 aromatic rings. The van der Waals surface area contributed by atoms with Crippen LogP contribution in [-0.4, -0.2) is 66.2 Å². The van der Waals surface area contributed by atoms with Crippen LogP contribution in [0.4, 0.5) is 10.1 Å². The van der Waals surface area contributed by atoms with Gasteiger partial charge in [-0.25, -0.2) is 4.39 Å². The molecule has 0 spiro atoms. The number of nitrogens with one attached hydrogen (secondary N) is 1. The average Bonchev–Trinajstić information content (AvgIpc) is 2.65. The molecule has 1 aromatic carbocycles. The number of carbonyl (C=O) groups excluding carboxylic acids is 1. The molecule has 0 saturated carbocycles. The van der Waals surface area contributed by atoms with Gasteiger partial charge in [0.1, 0.15) is 5.82 Å². The Morgan fingerprint density at radius 3 is 2.73 bits per heavy atom. The zero-order chi connectivity index (χ0) is 18.5. The first kappa shape index (κ1) is 19.5. The summed E-state index contributed by atoms with van der Waals surface area (Å²) in [7, 11) is 0. The normalized spacial score (nSPS) is 23.1. The van der Waals surface area contributed by atoms with Gasteiger partial charge >= 0.3 is 0 Å². The molecule has 2 saturated heterocycles. The van der Waals surface area contributed by atoms with Crippen LogP contribution >= 0.6 is 11.6 Å². The van der Waals surface area contributed by atoms with Crippen LogP contribution in [0.15, 0.2) is 18.2 Å². The predicted molar refractivity (Wildman–Crippen MR) is 101 cm³/mol. The molecule has 2 heterocycles. The highest BCUT2D eigenvalue weighted by Crippen LogP contribution is 2.24. The first-order chi connectivity index (χ1) is 12.5. The Labute approximate surface area is 159 Å². The number of hydrogen-bond donors (Lipinski definition) is 2. The van der Waals surface area contributed by atoms with Crippen molar-refractivity contribution < 1.29 is 14.3 Å². The van der Waals surface area contributed by atoms with Gasteiger partial charge in [-0.2, -0.15) is 0 Å². The van der Waals surface area contributed by atoms with Crippen molar-refractivity contribution in [3.05, 3.63) is 29.0 Å². The van der Waals surface area contributed by atoms with Crippen molar-refractivity contribution in [2.75, 3.05) is 44.6 Å². The zero-order valence-corrected chi connectivity index (χ0v) is 15.7. The van der Waals surface area contributed by atoms with E-state index >= 15 is 0 Å². The Morgan fingerprint density at radius 2 is 2.04 bits per heavy atom. The van der Waals surface area contributed by atoms with Gasteiger partial charge in [-0.3, -0.25) is 14.6 Å². The van der Waals surface area contributed by atoms with Gasteiger partial charge in [-0.15, -0.1) is 0 Å². The molecular formula is C19H27ClFN3O2. The molecule has 0 radical (unpaired) electrons. The SMILES string of the molecule is O=C(CN1CCC(N2CCC[C@@H](CO)C2)CC1)Nc1ccc(Cl)cc1F. The van der Waals surface area contributed by atoms with Crippen LogP contribution in [0.25, 0.3) is 0 Å². The number of likely N-dealkylation sites (tertiary alicyclic amines) is 2. The number of nitrogens with zero attached hydrogens (tertiary/aromatic N) is 2. The second kappa shape index (κ2) is 9.13. The van der Waals surface area contributed by atoms with E-state index in [1.165, 1.54) is 12.1 Å². The lowest BCUT2D eigenvalue weighted by Gasteiger charge is -2.42. The number of piperidine rings is 2.